The minimum Gasteiger partial charge on any atom is -0.376 e. The molecular weight excluding hydrogens is 275 g/mol. The molecule has 1 aliphatic rings. The van der Waals surface area contributed by atoms with Gasteiger partial charge < -0.3 is 10.1 Å². The Bertz CT molecular complexity index is 448. The maximum absolute atomic E-state index is 12.0. The van der Waals surface area contributed by atoms with E-state index in [4.69, 9.17) is 27.9 Å². The van der Waals surface area contributed by atoms with Crippen LogP contribution in [0.15, 0.2) is 12.1 Å². The second-order valence-corrected chi connectivity index (χ2v) is 5.07. The van der Waals surface area contributed by atoms with Crippen LogP contribution in [0.5, 0.6) is 0 Å². The summed E-state index contributed by atoms with van der Waals surface area (Å²) in [6.07, 6.45) is 2.05. The van der Waals surface area contributed by atoms with Crippen molar-refractivity contribution in [1.29, 1.82) is 0 Å². The predicted molar refractivity (Wildman–Crippen MR) is 70.2 cm³/mol. The van der Waals surface area contributed by atoms with Crippen molar-refractivity contribution in [3.8, 4) is 0 Å². The molecule has 2 atom stereocenters. The van der Waals surface area contributed by atoms with Crippen molar-refractivity contribution in [2.45, 2.75) is 31.9 Å². The maximum Gasteiger partial charge on any atom is 0.271 e. The smallest absolute Gasteiger partial charge is 0.271 e. The van der Waals surface area contributed by atoms with Gasteiger partial charge in [-0.25, -0.2) is 4.98 Å². The van der Waals surface area contributed by atoms with Crippen molar-refractivity contribution in [2.75, 3.05) is 6.61 Å². The Morgan fingerprint density at radius 1 is 1.56 bits per heavy atom. The fraction of sp³-hybridized carbons (Fsp3) is 0.500. The lowest BCUT2D eigenvalue weighted by atomic mass is 10.1. The molecule has 6 heteroatoms. The van der Waals surface area contributed by atoms with Gasteiger partial charge in [-0.3, -0.25) is 4.79 Å². The van der Waals surface area contributed by atoms with Crippen LogP contribution in [0.4, 0.5) is 0 Å². The van der Waals surface area contributed by atoms with Crippen LogP contribution in [0.3, 0.4) is 0 Å². The van der Waals surface area contributed by atoms with E-state index in [0.29, 0.717) is 0 Å². The second-order valence-electron chi connectivity index (χ2n) is 4.28. The molecule has 1 N–H and O–H groups in total. The third-order valence-corrected chi connectivity index (χ3v) is 3.42. The molecule has 98 valence electrons. The lowest BCUT2D eigenvalue weighted by molar-refractivity contribution is 0.0709. The highest BCUT2D eigenvalue weighted by atomic mass is 35.5. The van der Waals surface area contributed by atoms with Crippen LogP contribution >= 0.6 is 23.2 Å². The van der Waals surface area contributed by atoms with Gasteiger partial charge in [-0.1, -0.05) is 23.2 Å². The average Bonchev–Trinajstić information content (AvgIpc) is 2.85. The third kappa shape index (κ3) is 3.13. The first-order valence-electron chi connectivity index (χ1n) is 5.82. The lowest BCUT2D eigenvalue weighted by Gasteiger charge is -2.19. The molecule has 18 heavy (non-hydrogen) atoms. The Balaban J connectivity index is 2.04. The van der Waals surface area contributed by atoms with Crippen molar-refractivity contribution in [3.05, 3.63) is 28.0 Å². The van der Waals surface area contributed by atoms with Crippen molar-refractivity contribution >= 4 is 29.1 Å². The number of halogens is 2. The molecule has 0 radical (unpaired) electrons. The number of nitrogens with zero attached hydrogens (tertiary/aromatic N) is 1. The molecule has 0 saturated carbocycles. The Kier molecular flexibility index (Phi) is 4.43. The number of hydrogen-bond donors (Lipinski definition) is 1. The maximum atomic E-state index is 12.0. The standard InChI is InChI=1S/C12H14Cl2N2O2/c1-7(9-3-2-6-18-9)15-12(17)11-8(13)4-5-10(14)16-11/h4-5,7,9H,2-3,6H2,1H3,(H,15,17). The van der Waals surface area contributed by atoms with Crippen molar-refractivity contribution in [1.82, 2.24) is 10.3 Å². The van der Waals surface area contributed by atoms with Gasteiger partial charge in [0, 0.05) is 6.61 Å². The summed E-state index contributed by atoms with van der Waals surface area (Å²) >= 11 is 11.7. The molecule has 0 bridgehead atoms. The molecule has 1 amide bonds. The number of ether oxygens (including phenoxy) is 1. The van der Waals surface area contributed by atoms with Crippen molar-refractivity contribution < 1.29 is 9.53 Å². The Morgan fingerprint density at radius 3 is 3.00 bits per heavy atom. The van der Waals surface area contributed by atoms with Gasteiger partial charge in [-0.05, 0) is 31.9 Å². The molecule has 1 aromatic heterocycles. The Hall–Kier alpha value is -0.840. The minimum absolute atomic E-state index is 0.0620. The van der Waals surface area contributed by atoms with Gasteiger partial charge >= 0.3 is 0 Å². The van der Waals surface area contributed by atoms with Crippen molar-refractivity contribution in [3.63, 3.8) is 0 Å². The van der Waals surface area contributed by atoms with E-state index in [2.05, 4.69) is 10.3 Å². The largest absolute Gasteiger partial charge is 0.376 e. The zero-order valence-corrected chi connectivity index (χ0v) is 11.5. The van der Waals surface area contributed by atoms with Crippen LogP contribution in [0.2, 0.25) is 10.2 Å². The summed E-state index contributed by atoms with van der Waals surface area (Å²) in [6, 6.07) is 3.03. The topological polar surface area (TPSA) is 51.2 Å². The number of pyridine rings is 1. The summed E-state index contributed by atoms with van der Waals surface area (Å²) in [6.45, 7) is 2.66. The van der Waals surface area contributed by atoms with E-state index < -0.39 is 0 Å². The second kappa shape index (κ2) is 5.87. The monoisotopic (exact) mass is 288 g/mol. The van der Waals surface area contributed by atoms with Crippen LogP contribution < -0.4 is 5.32 Å². The van der Waals surface area contributed by atoms with Gasteiger partial charge in [0.2, 0.25) is 0 Å². The zero-order valence-electron chi connectivity index (χ0n) is 9.95. The fourth-order valence-electron chi connectivity index (χ4n) is 1.94. The molecule has 1 saturated heterocycles. The first-order valence-corrected chi connectivity index (χ1v) is 6.58. The summed E-state index contributed by atoms with van der Waals surface area (Å²) in [4.78, 5) is 15.9. The number of carbonyl (C=O) groups excluding carboxylic acids is 1. The summed E-state index contributed by atoms with van der Waals surface area (Å²) in [5.74, 6) is -0.328. The molecular formula is C12H14Cl2N2O2. The van der Waals surface area contributed by atoms with Gasteiger partial charge in [0.15, 0.2) is 0 Å². The average molecular weight is 289 g/mol. The summed E-state index contributed by atoms with van der Waals surface area (Å²) in [5.41, 5.74) is 0.147. The number of carbonyl (C=O) groups is 1. The molecule has 1 aliphatic heterocycles. The molecule has 0 aliphatic carbocycles. The van der Waals surface area contributed by atoms with Crippen LogP contribution in [0, 0.1) is 0 Å². The summed E-state index contributed by atoms with van der Waals surface area (Å²) in [7, 11) is 0. The van der Waals surface area contributed by atoms with Gasteiger partial charge in [0.1, 0.15) is 10.8 Å². The van der Waals surface area contributed by atoms with E-state index >= 15 is 0 Å². The predicted octanol–water partition coefficient (Wildman–Crippen LogP) is 2.69. The van der Waals surface area contributed by atoms with Gasteiger partial charge in [0.25, 0.3) is 5.91 Å². The molecule has 2 rings (SSSR count). The van der Waals surface area contributed by atoms with Crippen LogP contribution in [-0.4, -0.2) is 29.6 Å². The third-order valence-electron chi connectivity index (χ3n) is 2.91. The molecule has 2 unspecified atom stereocenters. The van der Waals surface area contributed by atoms with E-state index in [-0.39, 0.29) is 33.9 Å². The first kappa shape index (κ1) is 13.6. The number of aromatic nitrogens is 1. The number of rotatable bonds is 3. The SMILES string of the molecule is CC(NC(=O)c1nc(Cl)ccc1Cl)C1CCCO1. The highest BCUT2D eigenvalue weighted by Crippen LogP contribution is 2.19. The highest BCUT2D eigenvalue weighted by molar-refractivity contribution is 6.34. The molecule has 1 fully saturated rings. The fourth-order valence-corrected chi connectivity index (χ4v) is 2.28. The number of nitrogens with one attached hydrogen (secondary N) is 1. The van der Waals surface area contributed by atoms with Crippen molar-refractivity contribution in [2.24, 2.45) is 0 Å². The summed E-state index contributed by atoms with van der Waals surface area (Å²) in [5, 5.41) is 3.37. The Labute approximate surface area is 116 Å². The van der Waals surface area contributed by atoms with E-state index in [1.807, 2.05) is 6.92 Å². The van der Waals surface area contributed by atoms with E-state index in [1.165, 1.54) is 0 Å². The molecule has 2 heterocycles. The van der Waals surface area contributed by atoms with Crippen LogP contribution in [-0.2, 0) is 4.74 Å². The van der Waals surface area contributed by atoms with E-state index in [0.717, 1.165) is 19.4 Å². The Morgan fingerprint density at radius 2 is 2.33 bits per heavy atom. The number of amides is 1. The molecule has 4 nitrogen and oxygen atoms in total. The van der Waals surface area contributed by atoms with E-state index in [1.54, 1.807) is 12.1 Å². The lowest BCUT2D eigenvalue weighted by Crippen LogP contribution is -2.41. The number of hydrogen-bond acceptors (Lipinski definition) is 3. The molecule has 0 spiro atoms. The van der Waals surface area contributed by atoms with E-state index in [9.17, 15) is 4.79 Å². The van der Waals surface area contributed by atoms with Gasteiger partial charge in [-0.2, -0.15) is 0 Å². The molecule has 1 aromatic rings. The van der Waals surface area contributed by atoms with Gasteiger partial charge in [0.05, 0.1) is 17.2 Å². The quantitative estimate of drug-likeness (QED) is 0.870. The van der Waals surface area contributed by atoms with Gasteiger partial charge in [-0.15, -0.1) is 0 Å². The zero-order chi connectivity index (χ0) is 13.1. The molecule has 0 aromatic carbocycles. The normalized spacial score (nSPS) is 20.7. The first-order chi connectivity index (χ1) is 8.58. The highest BCUT2D eigenvalue weighted by Gasteiger charge is 2.25. The minimum atomic E-state index is -0.328. The van der Waals surface area contributed by atoms with Crippen LogP contribution in [0.25, 0.3) is 0 Å². The van der Waals surface area contributed by atoms with Crippen LogP contribution in [0.1, 0.15) is 30.3 Å². The summed E-state index contributed by atoms with van der Waals surface area (Å²) < 4.78 is 5.51.